The zero-order chi connectivity index (χ0) is 13.3. The molecule has 2 rings (SSSR count). The van der Waals surface area contributed by atoms with Crippen molar-refractivity contribution < 1.29 is 4.39 Å². The van der Waals surface area contributed by atoms with Crippen molar-refractivity contribution >= 4 is 11.0 Å². The van der Waals surface area contributed by atoms with Gasteiger partial charge in [-0.25, -0.2) is 9.37 Å². The lowest BCUT2D eigenvalue weighted by molar-refractivity contribution is 0.546. The smallest absolute Gasteiger partial charge is 0.125 e. The topological polar surface area (TPSA) is 43.8 Å². The van der Waals surface area contributed by atoms with Crippen LogP contribution in [-0.2, 0) is 6.42 Å². The Hall–Kier alpha value is -1.42. The second-order valence-electron chi connectivity index (χ2n) is 5.00. The number of imidazole rings is 1. The Morgan fingerprint density at radius 3 is 2.72 bits per heavy atom. The summed E-state index contributed by atoms with van der Waals surface area (Å²) in [6.07, 6.45) is 1.64. The van der Waals surface area contributed by atoms with E-state index >= 15 is 0 Å². The highest BCUT2D eigenvalue weighted by molar-refractivity contribution is 5.76. The molecule has 1 aromatic carbocycles. The molecule has 0 saturated heterocycles. The molecule has 1 unspecified atom stereocenters. The standard InChI is InChI=1S/C14H20FN3/c1-4-11(16)8-14-17-12-7-10(15)5-6-13(12)18(14)9(2)3/h5-7,9,11H,4,8,16H2,1-3H3. The van der Waals surface area contributed by atoms with Crippen molar-refractivity contribution in [1.82, 2.24) is 9.55 Å². The van der Waals surface area contributed by atoms with Crippen molar-refractivity contribution in [2.24, 2.45) is 5.73 Å². The molecule has 3 nitrogen and oxygen atoms in total. The SMILES string of the molecule is CCC(N)Cc1nc2cc(F)ccc2n1C(C)C. The summed E-state index contributed by atoms with van der Waals surface area (Å²) in [5, 5.41) is 0. The van der Waals surface area contributed by atoms with E-state index in [2.05, 4.69) is 30.3 Å². The van der Waals surface area contributed by atoms with Crippen molar-refractivity contribution in [3.05, 3.63) is 29.8 Å². The van der Waals surface area contributed by atoms with Crippen LogP contribution in [0, 0.1) is 5.82 Å². The molecule has 0 spiro atoms. The van der Waals surface area contributed by atoms with Gasteiger partial charge in [0.2, 0.25) is 0 Å². The minimum atomic E-state index is -0.248. The molecule has 1 aromatic heterocycles. The first kappa shape index (κ1) is 13.0. The highest BCUT2D eigenvalue weighted by Gasteiger charge is 2.15. The molecule has 0 bridgehead atoms. The fraction of sp³-hybridized carbons (Fsp3) is 0.500. The number of hydrogen-bond acceptors (Lipinski definition) is 2. The maximum absolute atomic E-state index is 13.2. The number of halogens is 1. The van der Waals surface area contributed by atoms with E-state index in [1.165, 1.54) is 12.1 Å². The molecule has 4 heteroatoms. The summed E-state index contributed by atoms with van der Waals surface area (Å²) in [5.41, 5.74) is 7.69. The van der Waals surface area contributed by atoms with E-state index in [4.69, 9.17) is 5.73 Å². The zero-order valence-electron chi connectivity index (χ0n) is 11.2. The number of fused-ring (bicyclic) bond motifs is 1. The number of aromatic nitrogens is 2. The van der Waals surface area contributed by atoms with Crippen molar-refractivity contribution in [1.29, 1.82) is 0 Å². The minimum Gasteiger partial charge on any atom is -0.327 e. The van der Waals surface area contributed by atoms with Gasteiger partial charge in [-0.2, -0.15) is 0 Å². The van der Waals surface area contributed by atoms with Crippen LogP contribution in [0.3, 0.4) is 0 Å². The second kappa shape index (κ2) is 5.06. The van der Waals surface area contributed by atoms with Gasteiger partial charge in [-0.15, -0.1) is 0 Å². The van der Waals surface area contributed by atoms with Gasteiger partial charge < -0.3 is 10.3 Å². The summed E-state index contributed by atoms with van der Waals surface area (Å²) in [5.74, 6) is 0.696. The van der Waals surface area contributed by atoms with E-state index in [1.54, 1.807) is 6.07 Å². The summed E-state index contributed by atoms with van der Waals surface area (Å²) >= 11 is 0. The molecule has 0 fully saturated rings. The van der Waals surface area contributed by atoms with Crippen LogP contribution in [0.2, 0.25) is 0 Å². The Morgan fingerprint density at radius 1 is 1.39 bits per heavy atom. The molecule has 0 amide bonds. The van der Waals surface area contributed by atoms with Gasteiger partial charge in [-0.05, 0) is 32.4 Å². The van der Waals surface area contributed by atoms with Gasteiger partial charge in [0, 0.05) is 24.6 Å². The van der Waals surface area contributed by atoms with Gasteiger partial charge in [0.25, 0.3) is 0 Å². The van der Waals surface area contributed by atoms with Crippen LogP contribution in [0.15, 0.2) is 18.2 Å². The average Bonchev–Trinajstić information content (AvgIpc) is 2.65. The van der Waals surface area contributed by atoms with Gasteiger partial charge in [-0.3, -0.25) is 0 Å². The molecule has 2 aromatic rings. The molecule has 18 heavy (non-hydrogen) atoms. The quantitative estimate of drug-likeness (QED) is 0.905. The highest BCUT2D eigenvalue weighted by atomic mass is 19.1. The molecule has 0 aliphatic carbocycles. The van der Waals surface area contributed by atoms with Gasteiger partial charge in [-0.1, -0.05) is 6.92 Å². The maximum Gasteiger partial charge on any atom is 0.125 e. The Morgan fingerprint density at radius 2 is 2.11 bits per heavy atom. The van der Waals surface area contributed by atoms with Crippen LogP contribution < -0.4 is 5.73 Å². The second-order valence-corrected chi connectivity index (χ2v) is 5.00. The largest absolute Gasteiger partial charge is 0.327 e. The van der Waals surface area contributed by atoms with E-state index < -0.39 is 0 Å². The van der Waals surface area contributed by atoms with Crippen LogP contribution in [-0.4, -0.2) is 15.6 Å². The third-order valence-electron chi connectivity index (χ3n) is 3.21. The first-order valence-corrected chi connectivity index (χ1v) is 6.44. The van der Waals surface area contributed by atoms with Crippen molar-refractivity contribution in [2.75, 3.05) is 0 Å². The van der Waals surface area contributed by atoms with Gasteiger partial charge >= 0.3 is 0 Å². The van der Waals surface area contributed by atoms with E-state index in [9.17, 15) is 4.39 Å². The predicted molar refractivity (Wildman–Crippen MR) is 72.0 cm³/mol. The van der Waals surface area contributed by atoms with Crippen molar-refractivity contribution in [3.8, 4) is 0 Å². The monoisotopic (exact) mass is 249 g/mol. The van der Waals surface area contributed by atoms with Crippen LogP contribution in [0.25, 0.3) is 11.0 Å². The van der Waals surface area contributed by atoms with Gasteiger partial charge in [0.1, 0.15) is 11.6 Å². The van der Waals surface area contributed by atoms with Gasteiger partial charge in [0.05, 0.1) is 11.0 Å². The Bertz CT molecular complexity index is 545. The highest BCUT2D eigenvalue weighted by Crippen LogP contribution is 2.22. The Balaban J connectivity index is 2.54. The lowest BCUT2D eigenvalue weighted by atomic mass is 10.1. The van der Waals surface area contributed by atoms with Crippen molar-refractivity contribution in [2.45, 2.75) is 45.7 Å². The van der Waals surface area contributed by atoms with Crippen LogP contribution in [0.5, 0.6) is 0 Å². The lowest BCUT2D eigenvalue weighted by Crippen LogP contribution is -2.24. The fourth-order valence-electron chi connectivity index (χ4n) is 2.22. The predicted octanol–water partition coefficient (Wildman–Crippen LogP) is 3.04. The first-order valence-electron chi connectivity index (χ1n) is 6.44. The summed E-state index contributed by atoms with van der Waals surface area (Å²) in [6, 6.07) is 5.14. The molecule has 0 saturated carbocycles. The van der Waals surface area contributed by atoms with Gasteiger partial charge in [0.15, 0.2) is 0 Å². The average molecular weight is 249 g/mol. The normalized spacial score (nSPS) is 13.4. The molecule has 2 N–H and O–H groups in total. The molecular formula is C14H20FN3. The number of nitrogens with two attached hydrogens (primary N) is 1. The molecule has 0 aliphatic rings. The lowest BCUT2D eigenvalue weighted by Gasteiger charge is -2.15. The number of rotatable bonds is 4. The summed E-state index contributed by atoms with van der Waals surface area (Å²) < 4.78 is 15.4. The molecule has 0 radical (unpaired) electrons. The third kappa shape index (κ3) is 2.38. The summed E-state index contributed by atoms with van der Waals surface area (Å²) in [4.78, 5) is 4.53. The molecule has 98 valence electrons. The van der Waals surface area contributed by atoms with E-state index in [-0.39, 0.29) is 11.9 Å². The zero-order valence-corrected chi connectivity index (χ0v) is 11.2. The summed E-state index contributed by atoms with van der Waals surface area (Å²) in [7, 11) is 0. The molecule has 0 aliphatic heterocycles. The Kier molecular flexibility index (Phi) is 3.66. The van der Waals surface area contributed by atoms with Crippen molar-refractivity contribution in [3.63, 3.8) is 0 Å². The van der Waals surface area contributed by atoms with E-state index in [1.807, 2.05) is 0 Å². The molecule has 1 atom stereocenters. The minimum absolute atomic E-state index is 0.101. The fourth-order valence-corrected chi connectivity index (χ4v) is 2.22. The molecule has 1 heterocycles. The van der Waals surface area contributed by atoms with E-state index in [0.717, 1.165) is 24.2 Å². The third-order valence-corrected chi connectivity index (χ3v) is 3.21. The summed E-state index contributed by atoms with van der Waals surface area (Å²) in [6.45, 7) is 6.27. The maximum atomic E-state index is 13.2. The Labute approximate surface area is 107 Å². The van der Waals surface area contributed by atoms with E-state index in [0.29, 0.717) is 11.6 Å². The number of nitrogens with zero attached hydrogens (tertiary/aromatic N) is 2. The number of benzene rings is 1. The van der Waals surface area contributed by atoms with Crippen LogP contribution in [0.1, 0.15) is 39.1 Å². The van der Waals surface area contributed by atoms with Crippen LogP contribution >= 0.6 is 0 Å². The van der Waals surface area contributed by atoms with Crippen LogP contribution in [0.4, 0.5) is 4.39 Å². The number of hydrogen-bond donors (Lipinski definition) is 1. The molecular weight excluding hydrogens is 229 g/mol. The first-order chi connectivity index (χ1) is 8.52.